The third-order valence-corrected chi connectivity index (χ3v) is 2.07. The maximum Gasteiger partial charge on any atom is 0.516 e. The van der Waals surface area contributed by atoms with Gasteiger partial charge in [0.2, 0.25) is 0 Å². The van der Waals surface area contributed by atoms with E-state index in [-0.39, 0.29) is 12.2 Å². The first kappa shape index (κ1) is 15.7. The van der Waals surface area contributed by atoms with Crippen molar-refractivity contribution in [3.8, 4) is 0 Å². The molecule has 0 amide bonds. The average molecular weight is 288 g/mol. The second kappa shape index (κ2) is 6.74. The smallest absolute Gasteiger partial charge is 0.434 e. The molecule has 0 radical (unpaired) electrons. The Morgan fingerprint density at radius 1 is 1.30 bits per heavy atom. The van der Waals surface area contributed by atoms with Crippen molar-refractivity contribution in [3.05, 3.63) is 41.5 Å². The highest BCUT2D eigenvalue weighted by Crippen LogP contribution is 2.29. The maximum atomic E-state index is 12.4. The lowest BCUT2D eigenvalue weighted by molar-refractivity contribution is -0.137. The number of alkyl halides is 3. The van der Waals surface area contributed by atoms with Crippen molar-refractivity contribution in [2.75, 3.05) is 6.61 Å². The second-order valence-electron chi connectivity index (χ2n) is 3.56. The van der Waals surface area contributed by atoms with Crippen LogP contribution in [-0.2, 0) is 20.4 Å². The molecule has 0 saturated carbocycles. The third-order valence-electron chi connectivity index (χ3n) is 2.07. The summed E-state index contributed by atoms with van der Waals surface area (Å²) in [5.41, 5.74) is -0.681. The summed E-state index contributed by atoms with van der Waals surface area (Å²) in [5, 5.41) is 0. The van der Waals surface area contributed by atoms with E-state index >= 15 is 0 Å². The van der Waals surface area contributed by atoms with Gasteiger partial charge in [0.1, 0.15) is 0 Å². The molecule has 1 aromatic carbocycles. The first-order chi connectivity index (χ1) is 9.32. The van der Waals surface area contributed by atoms with Crippen molar-refractivity contribution in [1.82, 2.24) is 0 Å². The molecular weight excluding hydrogens is 277 g/mol. The first-order valence-corrected chi connectivity index (χ1v) is 5.57. The number of rotatable bonds is 3. The molecule has 20 heavy (non-hydrogen) atoms. The van der Waals surface area contributed by atoms with Crippen molar-refractivity contribution in [2.24, 2.45) is 0 Å². The minimum absolute atomic E-state index is 0.0451. The molecule has 0 bridgehead atoms. The lowest BCUT2D eigenvalue weighted by Crippen LogP contribution is -2.11. The van der Waals surface area contributed by atoms with Crippen LogP contribution >= 0.6 is 0 Å². The summed E-state index contributed by atoms with van der Waals surface area (Å²) in [7, 11) is 0. The zero-order chi connectivity index (χ0) is 15.2. The molecule has 7 heteroatoms. The lowest BCUT2D eigenvalue weighted by Gasteiger charge is -2.06. The zero-order valence-corrected chi connectivity index (χ0v) is 10.4. The fraction of sp³-hybridized carbons (Fsp3) is 0.231. The Kier molecular flexibility index (Phi) is 5.31. The molecule has 0 aliphatic rings. The van der Waals surface area contributed by atoms with Gasteiger partial charge in [-0.15, -0.1) is 0 Å². The highest BCUT2D eigenvalue weighted by atomic mass is 19.4. The molecule has 1 aromatic rings. The van der Waals surface area contributed by atoms with Gasteiger partial charge in [0.25, 0.3) is 0 Å². The van der Waals surface area contributed by atoms with E-state index in [1.807, 2.05) is 0 Å². The molecule has 0 unspecified atom stereocenters. The number of hydrogen-bond acceptors (Lipinski definition) is 4. The van der Waals surface area contributed by atoms with Crippen LogP contribution in [0, 0.1) is 0 Å². The summed E-state index contributed by atoms with van der Waals surface area (Å²) in [5.74, 6) is -1.03. The van der Waals surface area contributed by atoms with E-state index < -0.39 is 23.9 Å². The average Bonchev–Trinajstić information content (AvgIpc) is 2.36. The predicted molar refractivity (Wildman–Crippen MR) is 63.6 cm³/mol. The number of carbonyl (C=O) groups is 2. The largest absolute Gasteiger partial charge is 0.516 e. The minimum Gasteiger partial charge on any atom is -0.434 e. The highest BCUT2D eigenvalue weighted by molar-refractivity contribution is 5.93. The van der Waals surface area contributed by atoms with Crippen molar-refractivity contribution in [2.45, 2.75) is 13.1 Å². The number of carbonyl (C=O) groups excluding carboxylic acids is 2. The van der Waals surface area contributed by atoms with E-state index in [9.17, 15) is 22.8 Å². The molecule has 0 N–H and O–H groups in total. The topological polar surface area (TPSA) is 52.6 Å². The van der Waals surface area contributed by atoms with Gasteiger partial charge in [0.15, 0.2) is 0 Å². The van der Waals surface area contributed by atoms with E-state index in [0.29, 0.717) is 0 Å². The van der Waals surface area contributed by atoms with Crippen molar-refractivity contribution >= 4 is 18.2 Å². The Morgan fingerprint density at radius 3 is 2.60 bits per heavy atom. The summed E-state index contributed by atoms with van der Waals surface area (Å²) in [4.78, 5) is 22.0. The quantitative estimate of drug-likeness (QED) is 0.486. The summed E-state index contributed by atoms with van der Waals surface area (Å²) < 4.78 is 45.9. The van der Waals surface area contributed by atoms with Crippen LogP contribution < -0.4 is 0 Å². The van der Waals surface area contributed by atoms with Gasteiger partial charge < -0.3 is 9.47 Å². The van der Waals surface area contributed by atoms with E-state index in [0.717, 1.165) is 24.3 Å². The number of hydrogen-bond donors (Lipinski definition) is 0. The number of esters is 1. The third kappa shape index (κ3) is 5.13. The van der Waals surface area contributed by atoms with Gasteiger partial charge in [0, 0.05) is 6.08 Å². The van der Waals surface area contributed by atoms with Crippen LogP contribution in [0.25, 0.3) is 6.08 Å². The monoisotopic (exact) mass is 288 g/mol. The molecule has 1 rings (SSSR count). The molecule has 0 aliphatic heterocycles. The standard InChI is InChI=1S/C13H11F3O4/c1-2-19-12(18)20-11(17)7-6-9-4-3-5-10(8-9)13(14,15)16/h3-8H,2H2,1H3/b7-6+. The van der Waals surface area contributed by atoms with Crippen LogP contribution in [0.2, 0.25) is 0 Å². The number of ether oxygens (including phenoxy) is 2. The van der Waals surface area contributed by atoms with E-state index in [1.54, 1.807) is 0 Å². The zero-order valence-electron chi connectivity index (χ0n) is 10.4. The van der Waals surface area contributed by atoms with Gasteiger partial charge in [-0.1, -0.05) is 12.1 Å². The molecule has 0 spiro atoms. The Hall–Kier alpha value is -2.31. The summed E-state index contributed by atoms with van der Waals surface area (Å²) >= 11 is 0. The SMILES string of the molecule is CCOC(=O)OC(=O)/C=C/c1cccc(C(F)(F)F)c1. The van der Waals surface area contributed by atoms with Gasteiger partial charge in [-0.05, 0) is 30.7 Å². The van der Waals surface area contributed by atoms with E-state index in [1.165, 1.54) is 19.1 Å². The molecule has 0 aliphatic carbocycles. The van der Waals surface area contributed by atoms with Gasteiger partial charge in [-0.3, -0.25) is 0 Å². The number of benzene rings is 1. The van der Waals surface area contributed by atoms with Crippen LogP contribution in [0.1, 0.15) is 18.1 Å². The van der Waals surface area contributed by atoms with E-state index in [2.05, 4.69) is 9.47 Å². The van der Waals surface area contributed by atoms with Crippen LogP contribution in [0.15, 0.2) is 30.3 Å². The van der Waals surface area contributed by atoms with Crippen LogP contribution in [0.3, 0.4) is 0 Å². The molecule has 0 atom stereocenters. The second-order valence-corrected chi connectivity index (χ2v) is 3.56. The van der Waals surface area contributed by atoms with Gasteiger partial charge in [0.05, 0.1) is 12.2 Å². The Labute approximate surface area is 112 Å². The molecule has 0 heterocycles. The molecular formula is C13H11F3O4. The summed E-state index contributed by atoms with van der Waals surface area (Å²) in [6.07, 6.45) is -3.68. The van der Waals surface area contributed by atoms with Gasteiger partial charge in [-0.25, -0.2) is 9.59 Å². The Balaban J connectivity index is 2.71. The summed E-state index contributed by atoms with van der Waals surface area (Å²) in [6, 6.07) is 4.37. The minimum atomic E-state index is -4.46. The normalized spacial score (nSPS) is 11.4. The fourth-order valence-electron chi connectivity index (χ4n) is 1.25. The van der Waals surface area contributed by atoms with Gasteiger partial charge >= 0.3 is 18.3 Å². The first-order valence-electron chi connectivity index (χ1n) is 5.57. The maximum absolute atomic E-state index is 12.4. The molecule has 0 saturated heterocycles. The van der Waals surface area contributed by atoms with Crippen LogP contribution in [0.5, 0.6) is 0 Å². The molecule has 0 fully saturated rings. The molecule has 0 aromatic heterocycles. The molecule has 108 valence electrons. The lowest BCUT2D eigenvalue weighted by atomic mass is 10.1. The van der Waals surface area contributed by atoms with Crippen molar-refractivity contribution in [3.63, 3.8) is 0 Å². The Morgan fingerprint density at radius 2 is 2.00 bits per heavy atom. The highest BCUT2D eigenvalue weighted by Gasteiger charge is 2.30. The van der Waals surface area contributed by atoms with E-state index in [4.69, 9.17) is 0 Å². The molecule has 4 nitrogen and oxygen atoms in total. The fourth-order valence-corrected chi connectivity index (χ4v) is 1.25. The van der Waals surface area contributed by atoms with Crippen LogP contribution in [0.4, 0.5) is 18.0 Å². The van der Waals surface area contributed by atoms with Crippen LogP contribution in [-0.4, -0.2) is 18.7 Å². The van der Waals surface area contributed by atoms with Crippen molar-refractivity contribution in [1.29, 1.82) is 0 Å². The summed E-state index contributed by atoms with van der Waals surface area (Å²) in [6.45, 7) is 1.58. The number of halogens is 3. The van der Waals surface area contributed by atoms with Crippen molar-refractivity contribution < 1.29 is 32.2 Å². The predicted octanol–water partition coefficient (Wildman–Crippen LogP) is 3.42. The van der Waals surface area contributed by atoms with Gasteiger partial charge in [-0.2, -0.15) is 13.2 Å². The Bertz CT molecular complexity index is 521.